The number of thiazole rings is 1. The number of halogens is 1. The van der Waals surface area contributed by atoms with Gasteiger partial charge in [-0.25, -0.2) is 4.98 Å². The van der Waals surface area contributed by atoms with E-state index in [1.807, 2.05) is 35.7 Å². The first kappa shape index (κ1) is 16.4. The van der Waals surface area contributed by atoms with Crippen LogP contribution in [0.3, 0.4) is 0 Å². The highest BCUT2D eigenvalue weighted by Gasteiger charge is 2.10. The lowest BCUT2D eigenvalue weighted by atomic mass is 10.1. The molecule has 0 bridgehead atoms. The van der Waals surface area contributed by atoms with Crippen molar-refractivity contribution in [3.05, 3.63) is 74.6 Å². The number of rotatable bonds is 3. The van der Waals surface area contributed by atoms with Crippen molar-refractivity contribution in [1.29, 1.82) is 5.26 Å². The Morgan fingerprint density at radius 3 is 2.71 bits per heavy atom. The predicted octanol–water partition coefficient (Wildman–Crippen LogP) is 6.14. The summed E-state index contributed by atoms with van der Waals surface area (Å²) >= 11 is 7.48. The minimum Gasteiger partial charge on any atom is -0.235 e. The molecule has 24 heavy (non-hydrogen) atoms. The average molecular weight is 351 g/mol. The Kier molecular flexibility index (Phi) is 4.80. The van der Waals surface area contributed by atoms with Gasteiger partial charge in [0, 0.05) is 16.0 Å². The Morgan fingerprint density at radius 2 is 2.00 bits per heavy atom. The number of nitriles is 1. The molecule has 0 fully saturated rings. The lowest BCUT2D eigenvalue weighted by molar-refractivity contribution is 1.32. The van der Waals surface area contributed by atoms with Gasteiger partial charge in [-0.05, 0) is 54.8 Å². The number of hydrogen-bond donors (Lipinski definition) is 0. The molecule has 1 aromatic heterocycles. The van der Waals surface area contributed by atoms with Gasteiger partial charge in [0.2, 0.25) is 0 Å². The molecule has 1 heterocycles. The minimum atomic E-state index is 0.539. The molecule has 0 aliphatic carbocycles. The Balaban J connectivity index is 1.96. The van der Waals surface area contributed by atoms with Crippen molar-refractivity contribution in [2.24, 2.45) is 0 Å². The van der Waals surface area contributed by atoms with Crippen molar-refractivity contribution < 1.29 is 0 Å². The molecule has 2 nitrogen and oxygen atoms in total. The van der Waals surface area contributed by atoms with E-state index >= 15 is 0 Å². The van der Waals surface area contributed by atoms with Gasteiger partial charge in [-0.15, -0.1) is 11.3 Å². The molecular weight excluding hydrogens is 336 g/mol. The third-order valence-electron chi connectivity index (χ3n) is 3.82. The first-order valence-electron chi connectivity index (χ1n) is 7.48. The van der Waals surface area contributed by atoms with Crippen LogP contribution in [-0.2, 0) is 0 Å². The molecule has 0 radical (unpaired) electrons. The number of allylic oxidation sites excluding steroid dienone is 1. The number of aromatic nitrogens is 1. The van der Waals surface area contributed by atoms with Crippen molar-refractivity contribution in [2.75, 3.05) is 0 Å². The lowest BCUT2D eigenvalue weighted by Crippen LogP contribution is -1.85. The van der Waals surface area contributed by atoms with Crippen molar-refractivity contribution in [1.82, 2.24) is 4.98 Å². The van der Waals surface area contributed by atoms with Crippen molar-refractivity contribution in [2.45, 2.75) is 13.8 Å². The van der Waals surface area contributed by atoms with Crippen LogP contribution in [0.25, 0.3) is 22.9 Å². The number of benzene rings is 2. The van der Waals surface area contributed by atoms with Crippen LogP contribution >= 0.6 is 22.9 Å². The van der Waals surface area contributed by atoms with E-state index in [1.54, 1.807) is 0 Å². The SMILES string of the molecule is Cc1ccc(-c2csc(C(C#N)=Cc3cccc(Cl)c3)n2)cc1C. The highest BCUT2D eigenvalue weighted by Crippen LogP contribution is 2.28. The van der Waals surface area contributed by atoms with E-state index in [0.29, 0.717) is 15.6 Å². The summed E-state index contributed by atoms with van der Waals surface area (Å²) in [4.78, 5) is 4.64. The first-order chi connectivity index (χ1) is 11.6. The summed E-state index contributed by atoms with van der Waals surface area (Å²) in [6.45, 7) is 4.18. The molecular formula is C20H15ClN2S. The van der Waals surface area contributed by atoms with Crippen LogP contribution in [0.5, 0.6) is 0 Å². The summed E-state index contributed by atoms with van der Waals surface area (Å²) < 4.78 is 0. The summed E-state index contributed by atoms with van der Waals surface area (Å²) in [6.07, 6.45) is 1.81. The first-order valence-corrected chi connectivity index (χ1v) is 8.73. The largest absolute Gasteiger partial charge is 0.235 e. The number of hydrogen-bond acceptors (Lipinski definition) is 3. The molecule has 4 heteroatoms. The van der Waals surface area contributed by atoms with Crippen LogP contribution in [0, 0.1) is 25.2 Å². The van der Waals surface area contributed by atoms with E-state index in [0.717, 1.165) is 16.8 Å². The molecule has 2 aromatic carbocycles. The quantitative estimate of drug-likeness (QED) is 0.531. The van der Waals surface area contributed by atoms with Crippen LogP contribution in [0.4, 0.5) is 0 Å². The minimum absolute atomic E-state index is 0.539. The van der Waals surface area contributed by atoms with Crippen LogP contribution in [-0.4, -0.2) is 4.98 Å². The molecule has 0 amide bonds. The van der Waals surface area contributed by atoms with Gasteiger partial charge < -0.3 is 0 Å². The number of nitrogens with zero attached hydrogens (tertiary/aromatic N) is 2. The third kappa shape index (κ3) is 3.56. The zero-order valence-electron chi connectivity index (χ0n) is 13.4. The molecule has 0 atom stereocenters. The summed E-state index contributed by atoms with van der Waals surface area (Å²) in [7, 11) is 0. The fraction of sp³-hybridized carbons (Fsp3) is 0.100. The maximum absolute atomic E-state index is 9.49. The van der Waals surface area contributed by atoms with Crippen molar-refractivity contribution in [3.8, 4) is 17.3 Å². The second-order valence-electron chi connectivity index (χ2n) is 5.56. The van der Waals surface area contributed by atoms with Crippen molar-refractivity contribution >= 4 is 34.6 Å². The fourth-order valence-electron chi connectivity index (χ4n) is 2.34. The molecule has 0 aliphatic heterocycles. The molecule has 0 unspecified atom stereocenters. The van der Waals surface area contributed by atoms with Gasteiger partial charge in [-0.1, -0.05) is 35.9 Å². The zero-order chi connectivity index (χ0) is 17.1. The van der Waals surface area contributed by atoms with Gasteiger partial charge in [0.1, 0.15) is 11.1 Å². The maximum atomic E-state index is 9.49. The molecule has 0 aliphatic rings. The summed E-state index contributed by atoms with van der Waals surface area (Å²) in [5, 5.41) is 12.8. The lowest BCUT2D eigenvalue weighted by Gasteiger charge is -2.02. The van der Waals surface area contributed by atoms with E-state index < -0.39 is 0 Å². The van der Waals surface area contributed by atoms with E-state index in [-0.39, 0.29) is 0 Å². The molecule has 118 valence electrons. The molecule has 3 rings (SSSR count). The van der Waals surface area contributed by atoms with Gasteiger partial charge in [-0.2, -0.15) is 5.26 Å². The van der Waals surface area contributed by atoms with Crippen LogP contribution in [0.15, 0.2) is 47.8 Å². The third-order valence-corrected chi connectivity index (χ3v) is 4.93. The maximum Gasteiger partial charge on any atom is 0.134 e. The molecule has 0 N–H and O–H groups in total. The molecule has 0 saturated carbocycles. The van der Waals surface area contributed by atoms with Gasteiger partial charge in [0.15, 0.2) is 0 Å². The van der Waals surface area contributed by atoms with Gasteiger partial charge >= 0.3 is 0 Å². The van der Waals surface area contributed by atoms with E-state index in [4.69, 9.17) is 11.6 Å². The highest BCUT2D eigenvalue weighted by molar-refractivity contribution is 7.11. The van der Waals surface area contributed by atoms with E-state index in [9.17, 15) is 5.26 Å². The molecule has 3 aromatic rings. The van der Waals surface area contributed by atoms with E-state index in [2.05, 4.69) is 43.1 Å². The second-order valence-corrected chi connectivity index (χ2v) is 6.86. The predicted molar refractivity (Wildman–Crippen MR) is 102 cm³/mol. The van der Waals surface area contributed by atoms with E-state index in [1.165, 1.54) is 22.5 Å². The fourth-order valence-corrected chi connectivity index (χ4v) is 3.33. The van der Waals surface area contributed by atoms with Crippen LogP contribution in [0.1, 0.15) is 21.7 Å². The topological polar surface area (TPSA) is 36.7 Å². The van der Waals surface area contributed by atoms with Gasteiger partial charge in [0.05, 0.1) is 11.3 Å². The smallest absolute Gasteiger partial charge is 0.134 e. The van der Waals surface area contributed by atoms with Crippen LogP contribution < -0.4 is 0 Å². The standard InChI is InChI=1S/C20H15ClN2S/c1-13-6-7-16(8-14(13)2)19-12-24-20(23-19)17(11-22)9-15-4-3-5-18(21)10-15/h3-10,12H,1-2H3. The normalized spacial score (nSPS) is 11.3. The van der Waals surface area contributed by atoms with Crippen LogP contribution in [0.2, 0.25) is 5.02 Å². The highest BCUT2D eigenvalue weighted by atomic mass is 35.5. The molecule has 0 saturated heterocycles. The average Bonchev–Trinajstić information content (AvgIpc) is 3.05. The monoisotopic (exact) mass is 350 g/mol. The second kappa shape index (κ2) is 7.00. The Labute approximate surface area is 150 Å². The Hall–Kier alpha value is -2.41. The Morgan fingerprint density at radius 1 is 1.17 bits per heavy atom. The summed E-state index contributed by atoms with van der Waals surface area (Å²) in [5.74, 6) is 0. The zero-order valence-corrected chi connectivity index (χ0v) is 14.9. The number of aryl methyl sites for hydroxylation is 2. The van der Waals surface area contributed by atoms with Gasteiger partial charge in [0.25, 0.3) is 0 Å². The summed E-state index contributed by atoms with van der Waals surface area (Å²) in [5.41, 5.74) is 5.88. The summed E-state index contributed by atoms with van der Waals surface area (Å²) in [6, 6.07) is 15.9. The Bertz CT molecular complexity index is 964. The van der Waals surface area contributed by atoms with Crippen molar-refractivity contribution in [3.63, 3.8) is 0 Å². The molecule has 0 spiro atoms. The van der Waals surface area contributed by atoms with Gasteiger partial charge in [-0.3, -0.25) is 0 Å².